The van der Waals surface area contributed by atoms with Crippen LogP contribution in [0.25, 0.3) is 0 Å². The van der Waals surface area contributed by atoms with Gasteiger partial charge < -0.3 is 9.47 Å². The van der Waals surface area contributed by atoms with E-state index in [2.05, 4.69) is 13.5 Å². The zero-order valence-electron chi connectivity index (χ0n) is 12.2. The average Bonchev–Trinajstić information content (AvgIpc) is 2.82. The molecule has 3 rings (SSSR count). The first-order valence-electron chi connectivity index (χ1n) is 7.32. The molecule has 1 aromatic rings. The number of carbonyl (C=O) groups excluding carboxylic acids is 1. The highest BCUT2D eigenvalue weighted by Crippen LogP contribution is 2.55. The molecular formula is C17H19BO3. The quantitative estimate of drug-likeness (QED) is 0.484. The molecule has 2 bridgehead atoms. The maximum Gasteiger partial charge on any atom is 0.309 e. The highest BCUT2D eigenvalue weighted by molar-refractivity contribution is 6.11. The van der Waals surface area contributed by atoms with E-state index >= 15 is 0 Å². The highest BCUT2D eigenvalue weighted by Gasteiger charge is 2.58. The Hall–Kier alpha value is -1.55. The largest absolute Gasteiger partial charge is 0.461 e. The smallest absolute Gasteiger partial charge is 0.309 e. The van der Waals surface area contributed by atoms with Crippen LogP contribution in [0.15, 0.2) is 42.5 Å². The summed E-state index contributed by atoms with van der Waals surface area (Å²) in [6.45, 7) is 6.45. The third-order valence-electron chi connectivity index (χ3n) is 4.78. The third-order valence-corrected chi connectivity index (χ3v) is 4.78. The fourth-order valence-electron chi connectivity index (χ4n) is 3.65. The van der Waals surface area contributed by atoms with Crippen LogP contribution in [0.4, 0.5) is 0 Å². The van der Waals surface area contributed by atoms with Gasteiger partial charge in [-0.2, -0.15) is 0 Å². The van der Waals surface area contributed by atoms with Crippen molar-refractivity contribution >= 4 is 13.8 Å². The van der Waals surface area contributed by atoms with E-state index < -0.39 is 5.60 Å². The van der Waals surface area contributed by atoms with Crippen molar-refractivity contribution < 1.29 is 14.3 Å². The van der Waals surface area contributed by atoms with Gasteiger partial charge in [0.05, 0.1) is 12.0 Å². The Morgan fingerprint density at radius 1 is 1.48 bits per heavy atom. The Balaban J connectivity index is 1.61. The van der Waals surface area contributed by atoms with Crippen molar-refractivity contribution in [3.8, 4) is 0 Å². The standard InChI is InChI=1S/C17H19BO3/c1-11-8-17(12(2)15(11)16(18)21-17)9-14(19)20-10-13-6-4-3-5-7-13/h3-7,12,15-16H,1,8-10H2,2H3/t12-,15?,16+,17-/m0/s1. The molecule has 4 heteroatoms. The summed E-state index contributed by atoms with van der Waals surface area (Å²) in [4.78, 5) is 12.1. The summed E-state index contributed by atoms with van der Waals surface area (Å²) in [7, 11) is 5.99. The summed E-state index contributed by atoms with van der Waals surface area (Å²) < 4.78 is 11.2. The first kappa shape index (κ1) is 14.4. The number of benzene rings is 1. The van der Waals surface area contributed by atoms with Crippen LogP contribution in [-0.2, 0) is 20.9 Å². The van der Waals surface area contributed by atoms with Crippen molar-refractivity contribution in [2.75, 3.05) is 0 Å². The van der Waals surface area contributed by atoms with Crippen molar-refractivity contribution in [2.45, 2.75) is 38.0 Å². The van der Waals surface area contributed by atoms with Crippen molar-refractivity contribution in [3.63, 3.8) is 0 Å². The van der Waals surface area contributed by atoms with E-state index in [1.165, 1.54) is 0 Å². The lowest BCUT2D eigenvalue weighted by atomic mass is 9.80. The molecule has 2 aliphatic rings. The van der Waals surface area contributed by atoms with Crippen LogP contribution >= 0.6 is 0 Å². The van der Waals surface area contributed by atoms with Gasteiger partial charge in [0.25, 0.3) is 0 Å². The molecule has 1 saturated heterocycles. The van der Waals surface area contributed by atoms with E-state index in [-0.39, 0.29) is 30.2 Å². The van der Waals surface area contributed by atoms with Crippen LogP contribution in [0.1, 0.15) is 25.3 Å². The Kier molecular flexibility index (Phi) is 3.66. The SMILES string of the molecule is [B][C@@H]1O[C@]2(CC(=O)OCc3ccccc3)CC(=C)C1[C@@H]2C. The van der Waals surface area contributed by atoms with E-state index in [9.17, 15) is 4.79 Å². The lowest BCUT2D eigenvalue weighted by Crippen LogP contribution is -2.37. The second-order valence-corrected chi connectivity index (χ2v) is 6.12. The summed E-state index contributed by atoms with van der Waals surface area (Å²) in [6.07, 6.45) is 0.942. The zero-order chi connectivity index (χ0) is 15.0. The molecule has 1 heterocycles. The second-order valence-electron chi connectivity index (χ2n) is 6.12. The fourth-order valence-corrected chi connectivity index (χ4v) is 3.65. The van der Waals surface area contributed by atoms with Crippen LogP contribution in [0.5, 0.6) is 0 Å². The molecule has 0 N–H and O–H groups in total. The maximum atomic E-state index is 12.1. The normalized spacial score (nSPS) is 34.1. The molecule has 1 aromatic carbocycles. The molecule has 0 amide bonds. The van der Waals surface area contributed by atoms with Gasteiger partial charge in [-0.25, -0.2) is 0 Å². The number of hydrogen-bond donors (Lipinski definition) is 0. The van der Waals surface area contributed by atoms with Gasteiger partial charge in [-0.3, -0.25) is 4.79 Å². The molecule has 21 heavy (non-hydrogen) atoms. The molecular weight excluding hydrogens is 263 g/mol. The van der Waals surface area contributed by atoms with Gasteiger partial charge in [0, 0.05) is 11.9 Å². The monoisotopic (exact) mass is 282 g/mol. The van der Waals surface area contributed by atoms with Gasteiger partial charge in [0.15, 0.2) is 0 Å². The van der Waals surface area contributed by atoms with Crippen LogP contribution in [0.2, 0.25) is 0 Å². The van der Waals surface area contributed by atoms with E-state index in [1.807, 2.05) is 30.3 Å². The fraction of sp³-hybridized carbons (Fsp3) is 0.471. The van der Waals surface area contributed by atoms with Gasteiger partial charge in [0.2, 0.25) is 0 Å². The molecule has 2 fully saturated rings. The van der Waals surface area contributed by atoms with Crippen molar-refractivity contribution in [1.29, 1.82) is 0 Å². The number of rotatable bonds is 4. The summed E-state index contributed by atoms with van der Waals surface area (Å²) in [5, 5.41) is 0. The average molecular weight is 282 g/mol. The van der Waals surface area contributed by atoms with E-state index in [0.717, 1.165) is 11.1 Å². The topological polar surface area (TPSA) is 35.5 Å². The molecule has 1 unspecified atom stereocenters. The predicted octanol–water partition coefficient (Wildman–Crippen LogP) is 2.60. The molecule has 2 radical (unpaired) electrons. The number of hydrogen-bond acceptors (Lipinski definition) is 3. The van der Waals surface area contributed by atoms with Gasteiger partial charge in [-0.1, -0.05) is 49.4 Å². The Bertz CT molecular complexity index is 556. The molecule has 108 valence electrons. The second kappa shape index (κ2) is 5.34. The highest BCUT2D eigenvalue weighted by atomic mass is 16.5. The van der Waals surface area contributed by atoms with Crippen molar-refractivity contribution in [3.05, 3.63) is 48.0 Å². The van der Waals surface area contributed by atoms with Gasteiger partial charge in [-0.15, -0.1) is 0 Å². The van der Waals surface area contributed by atoms with E-state index in [0.29, 0.717) is 13.0 Å². The van der Waals surface area contributed by atoms with Gasteiger partial charge in [-0.05, 0) is 17.9 Å². The first-order chi connectivity index (χ1) is 10.0. The summed E-state index contributed by atoms with van der Waals surface area (Å²) in [5.41, 5.74) is 1.56. The molecule has 1 saturated carbocycles. The molecule has 3 nitrogen and oxygen atoms in total. The van der Waals surface area contributed by atoms with E-state index in [1.54, 1.807) is 0 Å². The van der Waals surface area contributed by atoms with E-state index in [4.69, 9.17) is 17.3 Å². The predicted molar refractivity (Wildman–Crippen MR) is 80.6 cm³/mol. The zero-order valence-corrected chi connectivity index (χ0v) is 12.2. The Morgan fingerprint density at radius 3 is 2.81 bits per heavy atom. The lowest BCUT2D eigenvalue weighted by Gasteiger charge is -2.31. The van der Waals surface area contributed by atoms with Crippen LogP contribution in [-0.4, -0.2) is 25.4 Å². The van der Waals surface area contributed by atoms with Crippen LogP contribution < -0.4 is 0 Å². The summed E-state index contributed by atoms with van der Waals surface area (Å²) in [6, 6.07) is 9.31. The number of esters is 1. The van der Waals surface area contributed by atoms with Gasteiger partial charge in [0.1, 0.15) is 14.5 Å². The maximum absolute atomic E-state index is 12.1. The minimum absolute atomic E-state index is 0.159. The van der Waals surface area contributed by atoms with Gasteiger partial charge >= 0.3 is 5.97 Å². The molecule has 4 atom stereocenters. The minimum atomic E-state index is -0.519. The Labute approximate surface area is 126 Å². The number of ether oxygens (including phenoxy) is 2. The molecule has 1 aliphatic heterocycles. The van der Waals surface area contributed by atoms with Crippen LogP contribution in [0, 0.1) is 11.8 Å². The number of fused-ring (bicyclic) bond motifs is 2. The Morgan fingerprint density at radius 2 is 2.19 bits per heavy atom. The first-order valence-corrected chi connectivity index (χ1v) is 7.32. The molecule has 0 spiro atoms. The summed E-state index contributed by atoms with van der Waals surface area (Å²) >= 11 is 0. The van der Waals surface area contributed by atoms with Crippen LogP contribution in [0.3, 0.4) is 0 Å². The number of carbonyl (C=O) groups is 1. The van der Waals surface area contributed by atoms with Crippen molar-refractivity contribution in [1.82, 2.24) is 0 Å². The lowest BCUT2D eigenvalue weighted by molar-refractivity contribution is -0.153. The minimum Gasteiger partial charge on any atom is -0.461 e. The van der Waals surface area contributed by atoms with Crippen molar-refractivity contribution in [2.24, 2.45) is 11.8 Å². The third kappa shape index (κ3) is 2.53. The summed E-state index contributed by atoms with van der Waals surface area (Å²) in [5.74, 6) is 0.129. The molecule has 1 aliphatic carbocycles. The molecule has 0 aromatic heterocycles.